The van der Waals surface area contributed by atoms with Gasteiger partial charge < -0.3 is 9.47 Å². The van der Waals surface area contributed by atoms with Crippen LogP contribution in [0.25, 0.3) is 0 Å². The van der Waals surface area contributed by atoms with Gasteiger partial charge in [0.15, 0.2) is 0 Å². The first kappa shape index (κ1) is 9.16. The van der Waals surface area contributed by atoms with Crippen molar-refractivity contribution < 1.29 is 14.3 Å². The quantitative estimate of drug-likeness (QED) is 0.621. The van der Waals surface area contributed by atoms with Crippen LogP contribution in [-0.4, -0.2) is 25.8 Å². The Balaban J connectivity index is 1.92. The van der Waals surface area contributed by atoms with Crippen LogP contribution in [0.1, 0.15) is 25.7 Å². The summed E-state index contributed by atoms with van der Waals surface area (Å²) in [6, 6.07) is 0. The molecule has 0 radical (unpaired) electrons. The molecule has 2 rings (SSSR count). The van der Waals surface area contributed by atoms with Crippen molar-refractivity contribution in [2.75, 3.05) is 13.9 Å². The minimum atomic E-state index is 0.131. The Labute approximate surface area is 78.4 Å². The highest BCUT2D eigenvalue weighted by Gasteiger charge is 2.41. The number of hydrogen-bond acceptors (Lipinski definition) is 3. The van der Waals surface area contributed by atoms with Crippen LogP contribution >= 0.6 is 0 Å². The maximum atomic E-state index is 11.5. The number of rotatable bonds is 3. The Morgan fingerprint density at radius 3 is 3.08 bits per heavy atom. The topological polar surface area (TPSA) is 35.5 Å². The molecule has 0 aromatic carbocycles. The number of ether oxygens (including phenoxy) is 2. The first-order valence-corrected chi connectivity index (χ1v) is 4.94. The molecule has 3 nitrogen and oxygen atoms in total. The highest BCUT2D eigenvalue weighted by Crippen LogP contribution is 2.41. The van der Waals surface area contributed by atoms with Gasteiger partial charge >= 0.3 is 0 Å². The van der Waals surface area contributed by atoms with Gasteiger partial charge in [0.2, 0.25) is 0 Å². The minimum absolute atomic E-state index is 0.131. The van der Waals surface area contributed by atoms with Crippen LogP contribution in [-0.2, 0) is 14.3 Å². The van der Waals surface area contributed by atoms with Gasteiger partial charge in [0.25, 0.3) is 0 Å². The summed E-state index contributed by atoms with van der Waals surface area (Å²) in [5.74, 6) is 1.36. The van der Waals surface area contributed by atoms with Gasteiger partial charge in [-0.2, -0.15) is 0 Å². The summed E-state index contributed by atoms with van der Waals surface area (Å²) in [6.07, 6.45) is 4.03. The summed E-state index contributed by atoms with van der Waals surface area (Å²) >= 11 is 0. The Kier molecular flexibility index (Phi) is 2.65. The maximum Gasteiger partial charge on any atom is 0.146 e. The Morgan fingerprint density at radius 2 is 2.31 bits per heavy atom. The van der Waals surface area contributed by atoms with E-state index in [1.165, 1.54) is 0 Å². The first-order valence-electron chi connectivity index (χ1n) is 4.94. The van der Waals surface area contributed by atoms with E-state index in [1.807, 2.05) is 0 Å². The van der Waals surface area contributed by atoms with Crippen LogP contribution in [0.15, 0.2) is 0 Å². The molecule has 0 aromatic rings. The second-order valence-electron chi connectivity index (χ2n) is 4.05. The van der Waals surface area contributed by atoms with E-state index in [-0.39, 0.29) is 6.10 Å². The molecule has 0 N–H and O–H groups in total. The van der Waals surface area contributed by atoms with Crippen molar-refractivity contribution in [1.82, 2.24) is 0 Å². The normalized spacial score (nSPS) is 38.2. The predicted molar refractivity (Wildman–Crippen MR) is 47.2 cm³/mol. The van der Waals surface area contributed by atoms with Crippen molar-refractivity contribution in [3.63, 3.8) is 0 Å². The van der Waals surface area contributed by atoms with Crippen molar-refractivity contribution in [2.24, 2.45) is 11.8 Å². The van der Waals surface area contributed by atoms with E-state index in [2.05, 4.69) is 0 Å². The molecular formula is C10H16O3. The molecule has 0 aliphatic heterocycles. The van der Waals surface area contributed by atoms with E-state index in [4.69, 9.17) is 9.47 Å². The summed E-state index contributed by atoms with van der Waals surface area (Å²) in [5.41, 5.74) is 0. The van der Waals surface area contributed by atoms with E-state index in [0.717, 1.165) is 19.3 Å². The largest absolute Gasteiger partial charge is 0.359 e. The predicted octanol–water partition coefficient (Wildman–Crippen LogP) is 1.36. The van der Waals surface area contributed by atoms with E-state index < -0.39 is 0 Å². The number of carbonyl (C=O) groups is 1. The van der Waals surface area contributed by atoms with Gasteiger partial charge in [-0.1, -0.05) is 0 Å². The Bertz CT molecular complexity index is 202. The van der Waals surface area contributed by atoms with Crippen molar-refractivity contribution in [3.05, 3.63) is 0 Å². The van der Waals surface area contributed by atoms with Crippen LogP contribution in [0.4, 0.5) is 0 Å². The van der Waals surface area contributed by atoms with Crippen LogP contribution < -0.4 is 0 Å². The van der Waals surface area contributed by atoms with Crippen LogP contribution in [0, 0.1) is 11.8 Å². The number of hydrogen-bond donors (Lipinski definition) is 0. The summed E-state index contributed by atoms with van der Waals surface area (Å²) in [6.45, 7) is 0.319. The lowest BCUT2D eigenvalue weighted by Gasteiger charge is -2.27. The number of carbonyl (C=O) groups excluding carboxylic acids is 1. The monoisotopic (exact) mass is 184 g/mol. The van der Waals surface area contributed by atoms with Crippen LogP contribution in [0.5, 0.6) is 0 Å². The van der Waals surface area contributed by atoms with Gasteiger partial charge in [-0.3, -0.25) is 4.79 Å². The average molecular weight is 184 g/mol. The Morgan fingerprint density at radius 1 is 1.46 bits per heavy atom. The van der Waals surface area contributed by atoms with Crippen molar-refractivity contribution in [1.29, 1.82) is 0 Å². The van der Waals surface area contributed by atoms with E-state index in [9.17, 15) is 4.79 Å². The molecule has 2 aliphatic carbocycles. The lowest BCUT2D eigenvalue weighted by Crippen LogP contribution is -2.32. The second kappa shape index (κ2) is 3.76. The van der Waals surface area contributed by atoms with Crippen LogP contribution in [0.2, 0.25) is 0 Å². The molecule has 13 heavy (non-hydrogen) atoms. The zero-order chi connectivity index (χ0) is 9.26. The molecular weight excluding hydrogens is 168 g/mol. The van der Waals surface area contributed by atoms with Gasteiger partial charge in [-0.25, -0.2) is 0 Å². The third-order valence-corrected chi connectivity index (χ3v) is 3.26. The minimum Gasteiger partial charge on any atom is -0.359 e. The molecule has 3 atom stereocenters. The zero-order valence-corrected chi connectivity index (χ0v) is 7.99. The summed E-state index contributed by atoms with van der Waals surface area (Å²) < 4.78 is 10.3. The standard InChI is InChI=1S/C10H16O3/c1-12-6-13-10-5-9(11)7-2-3-8(10)4-7/h7-8,10H,2-6H2,1H3/t7-,8+,10-/m0/s1. The molecule has 2 fully saturated rings. The number of Topliss-reactive ketones (excluding diaryl/α,β-unsaturated/α-hetero) is 1. The molecule has 0 spiro atoms. The molecule has 74 valence electrons. The fourth-order valence-corrected chi connectivity index (χ4v) is 2.53. The van der Waals surface area contributed by atoms with Crippen LogP contribution in [0.3, 0.4) is 0 Å². The van der Waals surface area contributed by atoms with E-state index in [1.54, 1.807) is 7.11 Å². The fraction of sp³-hybridized carbons (Fsp3) is 0.900. The highest BCUT2D eigenvalue weighted by molar-refractivity contribution is 5.82. The lowest BCUT2D eigenvalue weighted by atomic mass is 9.86. The van der Waals surface area contributed by atoms with Crippen molar-refractivity contribution >= 4 is 5.78 Å². The average Bonchev–Trinajstić information content (AvgIpc) is 2.55. The SMILES string of the molecule is COCO[C@H]1CC(=O)[C@H]2CC[C@@H]1C2. The molecule has 2 bridgehead atoms. The lowest BCUT2D eigenvalue weighted by molar-refractivity contribution is -0.136. The molecule has 2 saturated carbocycles. The second-order valence-corrected chi connectivity index (χ2v) is 4.05. The molecule has 0 heterocycles. The molecule has 0 saturated heterocycles. The summed E-state index contributed by atoms with van der Waals surface area (Å²) in [7, 11) is 1.61. The smallest absolute Gasteiger partial charge is 0.146 e. The number of methoxy groups -OCH3 is 1. The molecule has 0 aromatic heterocycles. The molecule has 0 amide bonds. The van der Waals surface area contributed by atoms with E-state index in [0.29, 0.717) is 30.8 Å². The molecule has 0 unspecified atom stereocenters. The third kappa shape index (κ3) is 1.76. The number of fused-ring (bicyclic) bond motifs is 2. The Hall–Kier alpha value is -0.410. The molecule has 3 heteroatoms. The van der Waals surface area contributed by atoms with Gasteiger partial charge in [0, 0.05) is 19.4 Å². The number of ketones is 1. The van der Waals surface area contributed by atoms with Gasteiger partial charge in [0.05, 0.1) is 6.10 Å². The maximum absolute atomic E-state index is 11.5. The van der Waals surface area contributed by atoms with Gasteiger partial charge in [-0.15, -0.1) is 0 Å². The van der Waals surface area contributed by atoms with E-state index >= 15 is 0 Å². The van der Waals surface area contributed by atoms with Gasteiger partial charge in [-0.05, 0) is 25.2 Å². The summed E-state index contributed by atoms with van der Waals surface area (Å²) in [5, 5.41) is 0. The zero-order valence-electron chi connectivity index (χ0n) is 7.99. The third-order valence-electron chi connectivity index (χ3n) is 3.26. The fourth-order valence-electron chi connectivity index (χ4n) is 2.53. The first-order chi connectivity index (χ1) is 6.31. The van der Waals surface area contributed by atoms with Gasteiger partial charge in [0.1, 0.15) is 12.6 Å². The van der Waals surface area contributed by atoms with Crippen molar-refractivity contribution in [3.8, 4) is 0 Å². The molecule has 2 aliphatic rings. The summed E-state index contributed by atoms with van der Waals surface area (Å²) in [4.78, 5) is 11.5. The van der Waals surface area contributed by atoms with Crippen molar-refractivity contribution in [2.45, 2.75) is 31.8 Å². The highest BCUT2D eigenvalue weighted by atomic mass is 16.7.